The first-order chi connectivity index (χ1) is 8.09. The zero-order valence-electron chi connectivity index (χ0n) is 11.5. The van der Waals surface area contributed by atoms with Crippen LogP contribution in [0.5, 0.6) is 0 Å². The zero-order valence-corrected chi connectivity index (χ0v) is 12.3. The average molecular weight is 257 g/mol. The highest BCUT2D eigenvalue weighted by Crippen LogP contribution is 2.21. The van der Waals surface area contributed by atoms with Crippen molar-refractivity contribution in [1.82, 2.24) is 15.5 Å². The summed E-state index contributed by atoms with van der Waals surface area (Å²) in [6.07, 6.45) is 5.53. The molecule has 1 rings (SSSR count). The van der Waals surface area contributed by atoms with Crippen molar-refractivity contribution in [1.29, 1.82) is 0 Å². The van der Waals surface area contributed by atoms with Crippen LogP contribution < -0.4 is 10.6 Å². The number of hydrogen-bond acceptors (Lipinski definition) is 2. The molecule has 17 heavy (non-hydrogen) atoms. The van der Waals surface area contributed by atoms with Crippen molar-refractivity contribution >= 4 is 17.3 Å². The maximum atomic E-state index is 5.22. The van der Waals surface area contributed by atoms with Gasteiger partial charge in [-0.25, -0.2) is 0 Å². The van der Waals surface area contributed by atoms with E-state index in [-0.39, 0.29) is 0 Å². The van der Waals surface area contributed by atoms with Crippen LogP contribution in [0.25, 0.3) is 0 Å². The molecule has 0 unspecified atom stereocenters. The van der Waals surface area contributed by atoms with E-state index < -0.39 is 0 Å². The van der Waals surface area contributed by atoms with Crippen LogP contribution in [0, 0.1) is 5.92 Å². The minimum absolute atomic E-state index is 0.635. The second kappa shape index (κ2) is 7.88. The van der Waals surface area contributed by atoms with Crippen molar-refractivity contribution in [2.45, 2.75) is 45.6 Å². The van der Waals surface area contributed by atoms with Crippen molar-refractivity contribution in [3.05, 3.63) is 0 Å². The summed E-state index contributed by atoms with van der Waals surface area (Å²) >= 11 is 5.22. The van der Waals surface area contributed by atoms with E-state index in [0.717, 1.165) is 30.8 Å². The fourth-order valence-corrected chi connectivity index (χ4v) is 2.42. The third-order valence-electron chi connectivity index (χ3n) is 3.37. The fraction of sp³-hybridized carbons (Fsp3) is 0.923. The van der Waals surface area contributed by atoms with Crippen LogP contribution in [-0.2, 0) is 0 Å². The number of likely N-dealkylation sites (N-methyl/N-ethyl adjacent to an activating group) is 1. The molecule has 0 radical (unpaired) electrons. The summed E-state index contributed by atoms with van der Waals surface area (Å²) in [7, 11) is 2.22. The van der Waals surface area contributed by atoms with Gasteiger partial charge in [0, 0.05) is 25.7 Å². The minimum atomic E-state index is 0.635. The quantitative estimate of drug-likeness (QED) is 0.712. The molecule has 0 aromatic carbocycles. The van der Waals surface area contributed by atoms with Gasteiger partial charge in [-0.2, -0.15) is 0 Å². The molecule has 0 aromatic heterocycles. The van der Waals surface area contributed by atoms with E-state index in [1.54, 1.807) is 0 Å². The van der Waals surface area contributed by atoms with Crippen LogP contribution in [0.4, 0.5) is 0 Å². The molecule has 100 valence electrons. The fourth-order valence-electron chi connectivity index (χ4n) is 2.23. The maximum Gasteiger partial charge on any atom is 0.166 e. The van der Waals surface area contributed by atoms with Gasteiger partial charge in [0.2, 0.25) is 0 Å². The first-order valence-corrected chi connectivity index (χ1v) is 7.22. The van der Waals surface area contributed by atoms with Gasteiger partial charge in [0.05, 0.1) is 0 Å². The Hall–Kier alpha value is -0.350. The third-order valence-corrected chi connectivity index (χ3v) is 3.66. The van der Waals surface area contributed by atoms with Gasteiger partial charge in [0.15, 0.2) is 5.11 Å². The normalized spacial score (nSPS) is 16.8. The molecule has 1 aliphatic carbocycles. The summed E-state index contributed by atoms with van der Waals surface area (Å²) in [5.74, 6) is 0.635. The number of nitrogens with zero attached hydrogens (tertiary/aromatic N) is 1. The molecule has 2 N–H and O–H groups in total. The minimum Gasteiger partial charge on any atom is -0.362 e. The van der Waals surface area contributed by atoms with Gasteiger partial charge in [-0.15, -0.1) is 0 Å². The third kappa shape index (κ3) is 6.22. The van der Waals surface area contributed by atoms with Crippen molar-refractivity contribution in [2.24, 2.45) is 5.92 Å². The van der Waals surface area contributed by atoms with E-state index in [9.17, 15) is 0 Å². The molecule has 0 spiro atoms. The second-order valence-corrected chi connectivity index (χ2v) is 5.86. The van der Waals surface area contributed by atoms with Crippen LogP contribution in [-0.4, -0.2) is 42.7 Å². The van der Waals surface area contributed by atoms with Gasteiger partial charge in [-0.3, -0.25) is 0 Å². The number of rotatable bonds is 6. The number of thiocarbonyl (C=S) groups is 1. The predicted molar refractivity (Wildman–Crippen MR) is 78.3 cm³/mol. The van der Waals surface area contributed by atoms with Crippen molar-refractivity contribution in [3.8, 4) is 0 Å². The van der Waals surface area contributed by atoms with Gasteiger partial charge in [-0.1, -0.05) is 26.7 Å². The Labute approximate surface area is 111 Å². The van der Waals surface area contributed by atoms with E-state index >= 15 is 0 Å². The predicted octanol–water partition coefficient (Wildman–Crippen LogP) is 1.98. The molecule has 0 aromatic rings. The van der Waals surface area contributed by atoms with E-state index in [2.05, 4.69) is 36.4 Å². The molecule has 4 heteroatoms. The van der Waals surface area contributed by atoms with Gasteiger partial charge in [0.1, 0.15) is 0 Å². The SMILES string of the molecule is CC(C)CNC(=S)NCCN(C)C1CCCC1. The molecule has 1 fully saturated rings. The second-order valence-electron chi connectivity index (χ2n) is 5.45. The smallest absolute Gasteiger partial charge is 0.166 e. The Kier molecular flexibility index (Phi) is 6.82. The van der Waals surface area contributed by atoms with Gasteiger partial charge in [-0.05, 0) is 38.0 Å². The lowest BCUT2D eigenvalue weighted by Gasteiger charge is -2.24. The van der Waals surface area contributed by atoms with E-state index in [4.69, 9.17) is 12.2 Å². The Morgan fingerprint density at radius 2 is 1.94 bits per heavy atom. The van der Waals surface area contributed by atoms with Gasteiger partial charge >= 0.3 is 0 Å². The lowest BCUT2D eigenvalue weighted by atomic mass is 10.2. The molecule has 0 aliphatic heterocycles. The average Bonchev–Trinajstić information content (AvgIpc) is 2.79. The summed E-state index contributed by atoms with van der Waals surface area (Å²) in [5.41, 5.74) is 0. The molecule has 0 heterocycles. The lowest BCUT2D eigenvalue weighted by molar-refractivity contribution is 0.249. The highest BCUT2D eigenvalue weighted by Gasteiger charge is 2.18. The van der Waals surface area contributed by atoms with Gasteiger partial charge in [0.25, 0.3) is 0 Å². The molecule has 1 saturated carbocycles. The monoisotopic (exact) mass is 257 g/mol. The largest absolute Gasteiger partial charge is 0.362 e. The summed E-state index contributed by atoms with van der Waals surface area (Å²) in [5, 5.41) is 7.29. The summed E-state index contributed by atoms with van der Waals surface area (Å²) in [6, 6.07) is 0.800. The molecule has 1 aliphatic rings. The van der Waals surface area contributed by atoms with Crippen LogP contribution >= 0.6 is 12.2 Å². The molecule has 0 atom stereocenters. The van der Waals surface area contributed by atoms with Crippen LogP contribution in [0.3, 0.4) is 0 Å². The topological polar surface area (TPSA) is 27.3 Å². The Morgan fingerprint density at radius 1 is 1.29 bits per heavy atom. The summed E-state index contributed by atoms with van der Waals surface area (Å²) in [6.45, 7) is 7.34. The summed E-state index contributed by atoms with van der Waals surface area (Å²) < 4.78 is 0. The van der Waals surface area contributed by atoms with Crippen molar-refractivity contribution < 1.29 is 0 Å². The maximum absolute atomic E-state index is 5.22. The van der Waals surface area contributed by atoms with Gasteiger partial charge < -0.3 is 15.5 Å². The summed E-state index contributed by atoms with van der Waals surface area (Å²) in [4.78, 5) is 2.46. The Balaban J connectivity index is 2.04. The Morgan fingerprint density at radius 3 is 2.53 bits per heavy atom. The van der Waals surface area contributed by atoms with Crippen LogP contribution in [0.1, 0.15) is 39.5 Å². The molecule has 0 saturated heterocycles. The number of hydrogen-bond donors (Lipinski definition) is 2. The molecule has 0 bridgehead atoms. The molecule has 0 amide bonds. The first-order valence-electron chi connectivity index (χ1n) is 6.81. The van der Waals surface area contributed by atoms with Crippen molar-refractivity contribution in [2.75, 3.05) is 26.7 Å². The highest BCUT2D eigenvalue weighted by atomic mass is 32.1. The zero-order chi connectivity index (χ0) is 12.7. The number of nitrogens with one attached hydrogen (secondary N) is 2. The molecule has 3 nitrogen and oxygen atoms in total. The highest BCUT2D eigenvalue weighted by molar-refractivity contribution is 7.80. The van der Waals surface area contributed by atoms with E-state index in [0.29, 0.717) is 5.92 Å². The molecular formula is C13H27N3S. The first kappa shape index (κ1) is 14.7. The van der Waals surface area contributed by atoms with E-state index in [1.807, 2.05) is 0 Å². The standard InChI is InChI=1S/C13H27N3S/c1-11(2)10-15-13(17)14-8-9-16(3)12-6-4-5-7-12/h11-12H,4-10H2,1-3H3,(H2,14,15,17). The molecular weight excluding hydrogens is 230 g/mol. The Bertz CT molecular complexity index is 225. The van der Waals surface area contributed by atoms with Crippen LogP contribution in [0.2, 0.25) is 0 Å². The van der Waals surface area contributed by atoms with E-state index in [1.165, 1.54) is 25.7 Å². The van der Waals surface area contributed by atoms with Crippen LogP contribution in [0.15, 0.2) is 0 Å². The lowest BCUT2D eigenvalue weighted by Crippen LogP contribution is -2.42. The van der Waals surface area contributed by atoms with Crippen molar-refractivity contribution in [3.63, 3.8) is 0 Å².